The highest BCUT2D eigenvalue weighted by Crippen LogP contribution is 2.40. The van der Waals surface area contributed by atoms with Crippen molar-refractivity contribution in [3.05, 3.63) is 46.3 Å². The molecule has 2 saturated heterocycles. The third kappa shape index (κ3) is 4.51. The van der Waals surface area contributed by atoms with Gasteiger partial charge in [0.05, 0.1) is 6.10 Å². The smallest absolute Gasteiger partial charge is 0.349 e. The molecule has 2 fully saturated rings. The number of unbranched alkanes of at least 4 members (excludes halogenated alkanes) is 1. The summed E-state index contributed by atoms with van der Waals surface area (Å²) in [6.07, 6.45) is 3.85. The Morgan fingerprint density at radius 1 is 1.19 bits per heavy atom. The van der Waals surface area contributed by atoms with Gasteiger partial charge in [-0.2, -0.15) is 0 Å². The van der Waals surface area contributed by atoms with Gasteiger partial charge in [0.1, 0.15) is 11.1 Å². The number of rotatable bonds is 4. The summed E-state index contributed by atoms with van der Waals surface area (Å²) in [4.78, 5) is 41.4. The Bertz CT molecular complexity index is 1020. The van der Waals surface area contributed by atoms with E-state index in [1.165, 1.54) is 0 Å². The molecule has 4 rings (SSSR count). The number of carbonyl (C=O) groups excluding carboxylic acids is 2. The van der Waals surface area contributed by atoms with Crippen LogP contribution in [0.4, 0.5) is 0 Å². The summed E-state index contributed by atoms with van der Waals surface area (Å²) < 4.78 is 5.32. The normalized spacial score (nSPS) is 20.9. The van der Waals surface area contributed by atoms with Gasteiger partial charge in [-0.15, -0.1) is 0 Å². The number of nitrogens with zero attached hydrogens (tertiary/aromatic N) is 2. The molecule has 1 atom stereocenters. The van der Waals surface area contributed by atoms with E-state index in [0.29, 0.717) is 57.4 Å². The van der Waals surface area contributed by atoms with Crippen LogP contribution < -0.4 is 5.63 Å². The van der Waals surface area contributed by atoms with Gasteiger partial charge in [-0.05, 0) is 43.2 Å². The van der Waals surface area contributed by atoms with E-state index in [9.17, 15) is 19.5 Å². The van der Waals surface area contributed by atoms with Crippen molar-refractivity contribution in [2.45, 2.75) is 51.6 Å². The number of aliphatic hydroxyl groups is 1. The van der Waals surface area contributed by atoms with Crippen molar-refractivity contribution in [3.8, 4) is 0 Å². The topological polar surface area (TPSA) is 91.1 Å². The molecule has 0 radical (unpaired) electrons. The maximum atomic E-state index is 13.0. The van der Waals surface area contributed by atoms with Gasteiger partial charge in [0.2, 0.25) is 5.91 Å². The average molecular weight is 427 g/mol. The molecular formula is C24H30N2O5. The predicted molar refractivity (Wildman–Crippen MR) is 117 cm³/mol. The summed E-state index contributed by atoms with van der Waals surface area (Å²) in [6, 6.07) is 8.74. The van der Waals surface area contributed by atoms with Crippen molar-refractivity contribution in [2.24, 2.45) is 5.41 Å². The molecule has 1 N–H and O–H groups in total. The summed E-state index contributed by atoms with van der Waals surface area (Å²) in [5.74, 6) is -0.214. The molecule has 7 nitrogen and oxygen atoms in total. The zero-order valence-corrected chi connectivity index (χ0v) is 18.0. The van der Waals surface area contributed by atoms with Crippen LogP contribution in [-0.2, 0) is 4.79 Å². The van der Waals surface area contributed by atoms with E-state index in [4.69, 9.17) is 4.42 Å². The van der Waals surface area contributed by atoms with Crippen molar-refractivity contribution in [1.82, 2.24) is 9.80 Å². The lowest BCUT2D eigenvalue weighted by Gasteiger charge is -2.49. The van der Waals surface area contributed by atoms with Gasteiger partial charge in [0.25, 0.3) is 5.91 Å². The SMILES string of the molecule is CCCCC(=O)N1CC(O)CC2(CCN(C(=O)c3cc4ccccc4oc3=O)CC2)C1. The Morgan fingerprint density at radius 3 is 2.68 bits per heavy atom. The van der Waals surface area contributed by atoms with Crippen LogP contribution >= 0.6 is 0 Å². The molecule has 0 saturated carbocycles. The molecule has 0 bridgehead atoms. The number of hydrogen-bond acceptors (Lipinski definition) is 5. The van der Waals surface area contributed by atoms with E-state index in [2.05, 4.69) is 6.92 Å². The van der Waals surface area contributed by atoms with Crippen LogP contribution in [0.3, 0.4) is 0 Å². The molecule has 0 aliphatic carbocycles. The number of hydrogen-bond donors (Lipinski definition) is 1. The van der Waals surface area contributed by atoms with E-state index in [1.54, 1.807) is 28.0 Å². The standard InChI is InChI=1S/C24H30N2O5/c1-2-3-8-21(28)26-15-18(27)14-24(16-26)9-11-25(12-10-24)22(29)19-13-17-6-4-5-7-20(17)31-23(19)30/h4-7,13,18,27H,2-3,8-12,14-16H2,1H3. The number of aliphatic hydroxyl groups excluding tert-OH is 1. The maximum absolute atomic E-state index is 13.0. The third-order valence-corrected chi connectivity index (χ3v) is 6.71. The number of β-amino-alcohol motifs (C(OH)–C–C–N with tert-alkyl or cyclic N) is 1. The van der Waals surface area contributed by atoms with E-state index in [0.717, 1.165) is 18.2 Å². The molecule has 1 aromatic carbocycles. The first-order valence-corrected chi connectivity index (χ1v) is 11.2. The molecule has 1 aromatic heterocycles. The fraction of sp³-hybridized carbons (Fsp3) is 0.542. The van der Waals surface area contributed by atoms with Gasteiger partial charge in [-0.25, -0.2) is 4.79 Å². The molecule has 166 valence electrons. The lowest BCUT2D eigenvalue weighted by Crippen LogP contribution is -2.56. The quantitative estimate of drug-likeness (QED) is 0.759. The Hall–Kier alpha value is -2.67. The van der Waals surface area contributed by atoms with Crippen molar-refractivity contribution < 1.29 is 19.1 Å². The number of fused-ring (bicyclic) bond motifs is 1. The lowest BCUT2D eigenvalue weighted by atomic mass is 9.71. The molecule has 7 heteroatoms. The number of amides is 2. The van der Waals surface area contributed by atoms with Gasteiger partial charge in [0.15, 0.2) is 0 Å². The molecular weight excluding hydrogens is 396 g/mol. The summed E-state index contributed by atoms with van der Waals surface area (Å²) in [7, 11) is 0. The number of carbonyl (C=O) groups is 2. The van der Waals surface area contributed by atoms with Crippen molar-refractivity contribution >= 4 is 22.8 Å². The van der Waals surface area contributed by atoms with Crippen LogP contribution in [0, 0.1) is 5.41 Å². The first-order chi connectivity index (χ1) is 14.9. The number of benzene rings is 1. The van der Waals surface area contributed by atoms with Crippen LogP contribution in [0.2, 0.25) is 0 Å². The summed E-state index contributed by atoms with van der Waals surface area (Å²) in [5.41, 5.74) is -0.283. The second-order valence-electron chi connectivity index (χ2n) is 9.01. The van der Waals surface area contributed by atoms with Crippen LogP contribution in [0.1, 0.15) is 55.8 Å². The number of para-hydroxylation sites is 1. The summed E-state index contributed by atoms with van der Waals surface area (Å²) in [6.45, 7) is 4.07. The van der Waals surface area contributed by atoms with Crippen LogP contribution in [0.25, 0.3) is 11.0 Å². The van der Waals surface area contributed by atoms with Crippen LogP contribution in [0.15, 0.2) is 39.5 Å². The highest BCUT2D eigenvalue weighted by molar-refractivity contribution is 5.96. The third-order valence-electron chi connectivity index (χ3n) is 6.71. The van der Waals surface area contributed by atoms with Gasteiger partial charge in [-0.1, -0.05) is 31.5 Å². The minimum Gasteiger partial charge on any atom is -0.422 e. The molecule has 2 aromatic rings. The molecule has 31 heavy (non-hydrogen) atoms. The predicted octanol–water partition coefficient (Wildman–Crippen LogP) is 2.80. The highest BCUT2D eigenvalue weighted by Gasteiger charge is 2.43. The van der Waals surface area contributed by atoms with E-state index < -0.39 is 11.7 Å². The lowest BCUT2D eigenvalue weighted by molar-refractivity contribution is -0.140. The molecule has 2 aliphatic rings. The van der Waals surface area contributed by atoms with E-state index >= 15 is 0 Å². The van der Waals surface area contributed by atoms with E-state index in [-0.39, 0.29) is 22.8 Å². The maximum Gasteiger partial charge on any atom is 0.349 e. The van der Waals surface area contributed by atoms with Gasteiger partial charge in [-0.3, -0.25) is 9.59 Å². The Kier molecular flexibility index (Phi) is 6.14. The largest absolute Gasteiger partial charge is 0.422 e. The Morgan fingerprint density at radius 2 is 1.94 bits per heavy atom. The monoisotopic (exact) mass is 426 g/mol. The average Bonchev–Trinajstić information content (AvgIpc) is 2.76. The fourth-order valence-corrected chi connectivity index (χ4v) is 4.96. The zero-order valence-electron chi connectivity index (χ0n) is 18.0. The molecule has 2 amide bonds. The minimum atomic E-state index is -0.621. The van der Waals surface area contributed by atoms with Crippen LogP contribution in [-0.4, -0.2) is 59.0 Å². The fourth-order valence-electron chi connectivity index (χ4n) is 4.96. The number of likely N-dealkylation sites (tertiary alicyclic amines) is 2. The van der Waals surface area contributed by atoms with Crippen LogP contribution in [0.5, 0.6) is 0 Å². The second-order valence-corrected chi connectivity index (χ2v) is 9.01. The summed E-state index contributed by atoms with van der Waals surface area (Å²) in [5, 5.41) is 11.2. The molecule has 2 aliphatic heterocycles. The van der Waals surface area contributed by atoms with Gasteiger partial charge >= 0.3 is 5.63 Å². The van der Waals surface area contributed by atoms with Gasteiger partial charge < -0.3 is 19.3 Å². The van der Waals surface area contributed by atoms with Crippen molar-refractivity contribution in [3.63, 3.8) is 0 Å². The molecule has 3 heterocycles. The second kappa shape index (κ2) is 8.83. The highest BCUT2D eigenvalue weighted by atomic mass is 16.4. The molecule has 1 unspecified atom stereocenters. The Balaban J connectivity index is 1.45. The summed E-state index contributed by atoms with van der Waals surface area (Å²) >= 11 is 0. The molecule has 1 spiro atoms. The van der Waals surface area contributed by atoms with Gasteiger partial charge in [0, 0.05) is 38.0 Å². The van der Waals surface area contributed by atoms with Crippen molar-refractivity contribution in [2.75, 3.05) is 26.2 Å². The van der Waals surface area contributed by atoms with E-state index in [1.807, 2.05) is 12.1 Å². The minimum absolute atomic E-state index is 0.0506. The Labute approximate surface area is 181 Å². The number of piperidine rings is 2. The first kappa shape index (κ1) is 21.6. The first-order valence-electron chi connectivity index (χ1n) is 11.2. The zero-order chi connectivity index (χ0) is 22.0. The van der Waals surface area contributed by atoms with Crippen molar-refractivity contribution in [1.29, 1.82) is 0 Å².